The van der Waals surface area contributed by atoms with Crippen molar-refractivity contribution in [3.8, 4) is 0 Å². The molecule has 0 aliphatic carbocycles. The van der Waals surface area contributed by atoms with E-state index in [1.807, 2.05) is 0 Å². The summed E-state index contributed by atoms with van der Waals surface area (Å²) < 4.78 is 8.97. The van der Waals surface area contributed by atoms with Crippen LogP contribution in [0.25, 0.3) is 0 Å². The van der Waals surface area contributed by atoms with Gasteiger partial charge in [0.2, 0.25) is 18.0 Å². The Morgan fingerprint density at radius 3 is 3.17 bits per heavy atom. The molecule has 1 amide bonds. The Morgan fingerprint density at radius 1 is 1.72 bits per heavy atom. The molecule has 0 aromatic carbocycles. The predicted octanol–water partition coefficient (Wildman–Crippen LogP) is -0.791. The molecule has 0 aliphatic heterocycles. The van der Waals surface area contributed by atoms with Crippen molar-refractivity contribution in [2.45, 2.75) is 6.29 Å². The maximum atomic E-state index is 11.4. The Labute approximate surface area is 101 Å². The van der Waals surface area contributed by atoms with Crippen LogP contribution >= 0.6 is 0 Å². The molecule has 11 nitrogen and oxygen atoms in total. The van der Waals surface area contributed by atoms with Crippen LogP contribution in [0.2, 0.25) is 0 Å². The minimum Gasteiger partial charge on any atom is -0.365 e. The smallest absolute Gasteiger partial charge is 0.244 e. The number of hydrogen-bond acceptors (Lipinski definition) is 8. The second-order valence-corrected chi connectivity index (χ2v) is 2.86. The predicted molar refractivity (Wildman–Crippen MR) is 56.5 cm³/mol. The molecule has 0 fully saturated rings. The van der Waals surface area contributed by atoms with Gasteiger partial charge < -0.3 is 20.5 Å². The van der Waals surface area contributed by atoms with Crippen LogP contribution in [0.3, 0.4) is 0 Å². The van der Waals surface area contributed by atoms with Crippen LogP contribution in [0.4, 0.5) is 5.82 Å². The van der Waals surface area contributed by atoms with Gasteiger partial charge in [-0.2, -0.15) is 5.53 Å². The molecule has 0 saturated carbocycles. The van der Waals surface area contributed by atoms with E-state index in [0.717, 1.165) is 6.34 Å². The van der Waals surface area contributed by atoms with Crippen LogP contribution in [-0.2, 0) is 9.53 Å². The van der Waals surface area contributed by atoms with E-state index in [1.165, 1.54) is 7.11 Å². The summed E-state index contributed by atoms with van der Waals surface area (Å²) in [7, 11) is 1.26. The summed E-state index contributed by atoms with van der Waals surface area (Å²) in [6.45, 7) is -0.131. The molecule has 4 N–H and O–H groups in total. The first-order valence-electron chi connectivity index (χ1n) is 4.63. The van der Waals surface area contributed by atoms with Crippen molar-refractivity contribution in [3.05, 3.63) is 5.69 Å². The molecule has 0 bridgehead atoms. The van der Waals surface area contributed by atoms with Gasteiger partial charge in [0.15, 0.2) is 5.69 Å². The maximum Gasteiger partial charge on any atom is 0.244 e. The summed E-state index contributed by atoms with van der Waals surface area (Å²) in [4.78, 5) is 11.4. The molecule has 1 rings (SSSR count). The van der Waals surface area contributed by atoms with Gasteiger partial charge in [0, 0.05) is 7.11 Å². The number of carbonyl (C=O) groups is 1. The summed E-state index contributed by atoms with van der Waals surface area (Å²) >= 11 is 0. The second kappa shape index (κ2) is 7.03. The lowest BCUT2D eigenvalue weighted by Crippen LogP contribution is -2.27. The Balaban J connectivity index is 2.51. The monoisotopic (exact) mass is 257 g/mol. The van der Waals surface area contributed by atoms with Gasteiger partial charge in [-0.15, -0.1) is 5.10 Å². The van der Waals surface area contributed by atoms with Gasteiger partial charge >= 0.3 is 0 Å². The van der Waals surface area contributed by atoms with Crippen molar-refractivity contribution in [1.82, 2.24) is 15.6 Å². The molecule has 1 aromatic rings. The molecule has 1 heterocycles. The minimum atomic E-state index is -1.34. The van der Waals surface area contributed by atoms with E-state index in [-0.39, 0.29) is 18.1 Å². The van der Waals surface area contributed by atoms with Crippen molar-refractivity contribution in [2.75, 3.05) is 19.0 Å². The van der Waals surface area contributed by atoms with Crippen molar-refractivity contribution in [2.24, 2.45) is 10.3 Å². The zero-order valence-corrected chi connectivity index (χ0v) is 9.32. The molecule has 0 radical (unpaired) electrons. The average molecular weight is 257 g/mol. The van der Waals surface area contributed by atoms with Gasteiger partial charge in [-0.05, 0) is 10.3 Å². The van der Waals surface area contributed by atoms with Gasteiger partial charge in [0.25, 0.3) is 0 Å². The quantitative estimate of drug-likeness (QED) is 0.164. The number of nitrogens with zero attached hydrogens (tertiary/aromatic N) is 4. The summed E-state index contributed by atoms with van der Waals surface area (Å²) in [6, 6.07) is 0. The molecule has 0 aliphatic rings. The van der Waals surface area contributed by atoms with Gasteiger partial charge in [0.05, 0.1) is 6.54 Å². The van der Waals surface area contributed by atoms with Crippen LogP contribution in [0.15, 0.2) is 15.0 Å². The molecule has 0 spiro atoms. The number of carbonyl (C=O) groups excluding carboxylic acids is 1. The van der Waals surface area contributed by atoms with E-state index in [2.05, 4.69) is 40.6 Å². The number of hydrogen-bond donors (Lipinski definition) is 4. The lowest BCUT2D eigenvalue weighted by atomic mass is 10.4. The SMILES string of the molecule is COC(O)c1nonc1NC(=O)CN/C=N\N=N. The van der Waals surface area contributed by atoms with E-state index in [1.54, 1.807) is 0 Å². The summed E-state index contributed by atoms with van der Waals surface area (Å²) in [5.74, 6) is -0.523. The Bertz CT molecular complexity index is 431. The fourth-order valence-electron chi connectivity index (χ4n) is 0.940. The van der Waals surface area contributed by atoms with Crippen molar-refractivity contribution in [3.63, 3.8) is 0 Å². The maximum absolute atomic E-state index is 11.4. The van der Waals surface area contributed by atoms with E-state index < -0.39 is 12.2 Å². The first kappa shape index (κ1) is 13.7. The number of aromatic nitrogens is 2. The van der Waals surface area contributed by atoms with Gasteiger partial charge in [-0.25, -0.2) is 4.63 Å². The number of methoxy groups -OCH3 is 1. The highest BCUT2D eigenvalue weighted by Crippen LogP contribution is 2.18. The van der Waals surface area contributed by atoms with E-state index in [4.69, 9.17) is 5.53 Å². The van der Waals surface area contributed by atoms with Crippen LogP contribution < -0.4 is 10.6 Å². The first-order valence-corrected chi connectivity index (χ1v) is 4.63. The highest BCUT2D eigenvalue weighted by Gasteiger charge is 2.19. The van der Waals surface area contributed by atoms with Crippen LogP contribution in [-0.4, -0.2) is 41.3 Å². The molecular weight excluding hydrogens is 246 g/mol. The molecule has 1 aromatic heterocycles. The van der Waals surface area contributed by atoms with Crippen LogP contribution in [0, 0.1) is 5.53 Å². The third kappa shape index (κ3) is 3.88. The van der Waals surface area contributed by atoms with Gasteiger partial charge in [-0.3, -0.25) is 4.79 Å². The fraction of sp³-hybridized carbons (Fsp3) is 0.429. The Hall–Kier alpha value is -2.40. The van der Waals surface area contributed by atoms with Gasteiger partial charge in [0.1, 0.15) is 6.34 Å². The lowest BCUT2D eigenvalue weighted by Gasteiger charge is -2.06. The number of anilines is 1. The zero-order chi connectivity index (χ0) is 13.4. The van der Waals surface area contributed by atoms with Crippen LogP contribution in [0.5, 0.6) is 0 Å². The number of aliphatic hydroxyl groups is 1. The average Bonchev–Trinajstić information content (AvgIpc) is 2.82. The van der Waals surface area contributed by atoms with Crippen molar-refractivity contribution >= 4 is 18.1 Å². The third-order valence-electron chi connectivity index (χ3n) is 1.70. The number of amides is 1. The summed E-state index contributed by atoms with van der Waals surface area (Å²) in [6.07, 6.45) is -0.262. The zero-order valence-electron chi connectivity index (χ0n) is 9.32. The third-order valence-corrected chi connectivity index (χ3v) is 1.70. The van der Waals surface area contributed by atoms with E-state index in [9.17, 15) is 9.90 Å². The normalized spacial score (nSPS) is 12.3. The summed E-state index contributed by atoms with van der Waals surface area (Å²) in [5, 5.41) is 26.8. The molecule has 0 saturated heterocycles. The van der Waals surface area contributed by atoms with E-state index in [0.29, 0.717) is 0 Å². The Morgan fingerprint density at radius 2 is 2.50 bits per heavy atom. The minimum absolute atomic E-state index is 0.0410. The molecule has 11 heteroatoms. The molecule has 1 atom stereocenters. The number of aliphatic hydroxyl groups excluding tert-OH is 1. The lowest BCUT2D eigenvalue weighted by molar-refractivity contribution is -0.115. The molecule has 98 valence electrons. The highest BCUT2D eigenvalue weighted by molar-refractivity contribution is 5.92. The van der Waals surface area contributed by atoms with E-state index >= 15 is 0 Å². The second-order valence-electron chi connectivity index (χ2n) is 2.86. The number of ether oxygens (including phenoxy) is 1. The molecular formula is C7H11N7O4. The Kier molecular flexibility index (Phi) is 5.34. The number of rotatable bonds is 7. The highest BCUT2D eigenvalue weighted by atomic mass is 16.6. The topological polar surface area (TPSA) is 158 Å². The number of nitrogens with one attached hydrogen (secondary N) is 3. The van der Waals surface area contributed by atoms with Crippen LogP contribution in [0.1, 0.15) is 12.0 Å². The molecule has 18 heavy (non-hydrogen) atoms. The molecule has 1 unspecified atom stereocenters. The van der Waals surface area contributed by atoms with Crippen molar-refractivity contribution < 1.29 is 19.3 Å². The summed E-state index contributed by atoms with van der Waals surface area (Å²) in [5.41, 5.74) is 6.32. The largest absolute Gasteiger partial charge is 0.365 e. The first-order chi connectivity index (χ1) is 8.69. The fourth-order valence-corrected chi connectivity index (χ4v) is 0.940. The van der Waals surface area contributed by atoms with Crippen molar-refractivity contribution in [1.29, 1.82) is 5.53 Å². The standard InChI is InChI=1S/C7H11N7O4/c1-17-7(16)5-6(13-18-12-5)11-4(15)2-9-3-10-14-8/h3,7,16H,2H2,1H3,(H2,8,9,10)(H,11,13,15). The van der Waals surface area contributed by atoms with Gasteiger partial charge in [-0.1, -0.05) is 5.22 Å².